The summed E-state index contributed by atoms with van der Waals surface area (Å²) in [5, 5.41) is 4.78. The van der Waals surface area contributed by atoms with Gasteiger partial charge in [0, 0.05) is 22.9 Å². The fourth-order valence-electron chi connectivity index (χ4n) is 3.44. The lowest BCUT2D eigenvalue weighted by atomic mass is 10.1. The van der Waals surface area contributed by atoms with E-state index in [4.69, 9.17) is 14.6 Å². The van der Waals surface area contributed by atoms with Crippen molar-refractivity contribution in [3.8, 4) is 22.7 Å². The van der Waals surface area contributed by atoms with Crippen molar-refractivity contribution in [1.29, 1.82) is 0 Å². The van der Waals surface area contributed by atoms with E-state index < -0.39 is 5.97 Å². The molecule has 0 unspecified atom stereocenters. The number of rotatable bonds is 5. The number of ether oxygens (including phenoxy) is 2. The van der Waals surface area contributed by atoms with Crippen molar-refractivity contribution in [1.82, 2.24) is 9.78 Å². The summed E-state index contributed by atoms with van der Waals surface area (Å²) in [6, 6.07) is 26.8. The molecule has 1 aliphatic heterocycles. The molecule has 6 nitrogen and oxygen atoms in total. The van der Waals surface area contributed by atoms with Gasteiger partial charge < -0.3 is 9.47 Å². The second-order valence-electron chi connectivity index (χ2n) is 7.14. The zero-order valence-electron chi connectivity index (χ0n) is 17.3. The highest BCUT2D eigenvalue weighted by Gasteiger charge is 2.25. The first-order valence-electron chi connectivity index (χ1n) is 10.1. The smallest absolute Gasteiger partial charge is 0.363 e. The minimum atomic E-state index is -0.489. The lowest BCUT2D eigenvalue weighted by molar-refractivity contribution is -0.129. The fourth-order valence-corrected chi connectivity index (χ4v) is 3.44. The maximum atomic E-state index is 12.5. The van der Waals surface area contributed by atoms with E-state index in [1.54, 1.807) is 17.9 Å². The van der Waals surface area contributed by atoms with E-state index in [2.05, 4.69) is 4.99 Å². The Balaban J connectivity index is 1.60. The molecule has 0 aliphatic carbocycles. The summed E-state index contributed by atoms with van der Waals surface area (Å²) >= 11 is 0. The third-order valence-electron chi connectivity index (χ3n) is 5.06. The van der Waals surface area contributed by atoms with Gasteiger partial charge in [0.05, 0.1) is 12.8 Å². The number of esters is 1. The number of benzene rings is 3. The highest BCUT2D eigenvalue weighted by molar-refractivity contribution is 6.13. The summed E-state index contributed by atoms with van der Waals surface area (Å²) in [6.45, 7) is 0. The summed E-state index contributed by atoms with van der Waals surface area (Å²) in [4.78, 5) is 16.9. The summed E-state index contributed by atoms with van der Waals surface area (Å²) in [5.74, 6) is 0.563. The number of hydrogen-bond donors (Lipinski definition) is 0. The number of nitrogens with zero attached hydrogens (tertiary/aromatic N) is 3. The monoisotopic (exact) mass is 421 g/mol. The van der Waals surface area contributed by atoms with Gasteiger partial charge in [-0.3, -0.25) is 0 Å². The summed E-state index contributed by atoms with van der Waals surface area (Å²) in [7, 11) is 1.63. The number of para-hydroxylation sites is 1. The molecule has 0 radical (unpaired) electrons. The average molecular weight is 421 g/mol. The Labute approximate surface area is 185 Å². The van der Waals surface area contributed by atoms with E-state index in [-0.39, 0.29) is 5.70 Å². The highest BCUT2D eigenvalue weighted by atomic mass is 16.6. The lowest BCUT2D eigenvalue weighted by Gasteiger charge is -2.02. The topological polar surface area (TPSA) is 65.7 Å². The van der Waals surface area contributed by atoms with E-state index >= 15 is 0 Å². The van der Waals surface area contributed by atoms with Gasteiger partial charge in [-0.05, 0) is 54.6 Å². The standard InChI is InChI=1S/C26H19N3O3/c1-31-22-14-12-18(13-15-22)24-20(17-29(28-24)21-10-6-3-7-11-21)16-23-26(30)32-25(27-23)19-8-4-2-5-9-19/h2-17H,1H3/b23-16-. The maximum absolute atomic E-state index is 12.5. The summed E-state index contributed by atoms with van der Waals surface area (Å²) in [5.41, 5.74) is 4.26. The fraction of sp³-hybridized carbons (Fsp3) is 0.0385. The van der Waals surface area contributed by atoms with Crippen LogP contribution in [0.2, 0.25) is 0 Å². The van der Waals surface area contributed by atoms with Gasteiger partial charge in [-0.25, -0.2) is 14.5 Å². The Hall–Kier alpha value is -4.45. The Bertz CT molecular complexity index is 1320. The Kier molecular flexibility index (Phi) is 5.09. The van der Waals surface area contributed by atoms with Crippen LogP contribution in [0.25, 0.3) is 23.0 Å². The average Bonchev–Trinajstić information content (AvgIpc) is 3.44. The Morgan fingerprint density at radius 3 is 2.25 bits per heavy atom. The van der Waals surface area contributed by atoms with Crippen LogP contribution in [0.15, 0.2) is 102 Å². The lowest BCUT2D eigenvalue weighted by Crippen LogP contribution is -2.04. The largest absolute Gasteiger partial charge is 0.497 e. The predicted octanol–water partition coefficient (Wildman–Crippen LogP) is 4.89. The van der Waals surface area contributed by atoms with Crippen LogP contribution >= 0.6 is 0 Å². The molecule has 3 aromatic carbocycles. The molecule has 1 aromatic heterocycles. The van der Waals surface area contributed by atoms with Crippen LogP contribution in [0.1, 0.15) is 11.1 Å². The summed E-state index contributed by atoms with van der Waals surface area (Å²) < 4.78 is 12.5. The van der Waals surface area contributed by atoms with Gasteiger partial charge in [-0.2, -0.15) is 5.10 Å². The normalized spacial score (nSPS) is 14.3. The molecule has 32 heavy (non-hydrogen) atoms. The molecule has 2 heterocycles. The van der Waals surface area contributed by atoms with E-state index in [0.29, 0.717) is 5.90 Å². The van der Waals surface area contributed by atoms with Crippen molar-refractivity contribution in [2.24, 2.45) is 4.99 Å². The van der Waals surface area contributed by atoms with Gasteiger partial charge in [0.2, 0.25) is 5.90 Å². The molecule has 6 heteroatoms. The van der Waals surface area contributed by atoms with Crippen molar-refractivity contribution >= 4 is 17.9 Å². The first kappa shape index (κ1) is 19.5. The van der Waals surface area contributed by atoms with Gasteiger partial charge in [0.1, 0.15) is 11.4 Å². The zero-order chi connectivity index (χ0) is 21.9. The molecule has 0 N–H and O–H groups in total. The first-order chi connectivity index (χ1) is 15.7. The van der Waals surface area contributed by atoms with Crippen molar-refractivity contribution in [2.75, 3.05) is 7.11 Å². The zero-order valence-corrected chi connectivity index (χ0v) is 17.3. The molecule has 0 fully saturated rings. The van der Waals surface area contributed by atoms with Crippen LogP contribution in [0.5, 0.6) is 5.75 Å². The second kappa shape index (κ2) is 8.35. The van der Waals surface area contributed by atoms with E-state index in [1.165, 1.54) is 0 Å². The SMILES string of the molecule is COc1ccc(-c2nn(-c3ccccc3)cc2/C=C2\N=C(c3ccccc3)OC2=O)cc1. The molecule has 0 saturated carbocycles. The van der Waals surface area contributed by atoms with Crippen molar-refractivity contribution in [2.45, 2.75) is 0 Å². The molecule has 0 bridgehead atoms. The molecule has 0 amide bonds. The molecule has 0 spiro atoms. The Morgan fingerprint density at radius 2 is 1.56 bits per heavy atom. The van der Waals surface area contributed by atoms with E-state index in [9.17, 15) is 4.79 Å². The molecule has 5 rings (SSSR count). The number of carbonyl (C=O) groups excluding carboxylic acids is 1. The molecular formula is C26H19N3O3. The van der Waals surface area contributed by atoms with Gasteiger partial charge >= 0.3 is 5.97 Å². The molecule has 0 saturated heterocycles. The van der Waals surface area contributed by atoms with Crippen LogP contribution in [-0.2, 0) is 9.53 Å². The number of aliphatic imine (C=N–C) groups is 1. The van der Waals surface area contributed by atoms with Crippen molar-refractivity contribution in [3.05, 3.63) is 108 Å². The third-order valence-corrected chi connectivity index (χ3v) is 5.06. The summed E-state index contributed by atoms with van der Waals surface area (Å²) in [6.07, 6.45) is 3.59. The molecular weight excluding hydrogens is 402 g/mol. The second-order valence-corrected chi connectivity index (χ2v) is 7.14. The quantitative estimate of drug-likeness (QED) is 0.340. The molecule has 0 atom stereocenters. The van der Waals surface area contributed by atoms with Crippen LogP contribution in [0.4, 0.5) is 0 Å². The number of methoxy groups -OCH3 is 1. The predicted molar refractivity (Wildman–Crippen MR) is 123 cm³/mol. The first-order valence-corrected chi connectivity index (χ1v) is 10.1. The van der Waals surface area contributed by atoms with Crippen molar-refractivity contribution in [3.63, 3.8) is 0 Å². The maximum Gasteiger partial charge on any atom is 0.363 e. The van der Waals surface area contributed by atoms with Crippen LogP contribution in [-0.4, -0.2) is 28.8 Å². The molecule has 1 aliphatic rings. The number of aromatic nitrogens is 2. The van der Waals surface area contributed by atoms with E-state index in [1.807, 2.05) is 91.1 Å². The third kappa shape index (κ3) is 3.81. The highest BCUT2D eigenvalue weighted by Crippen LogP contribution is 2.29. The minimum absolute atomic E-state index is 0.228. The minimum Gasteiger partial charge on any atom is -0.497 e. The number of carbonyl (C=O) groups is 1. The van der Waals surface area contributed by atoms with E-state index in [0.717, 1.165) is 33.8 Å². The molecule has 156 valence electrons. The Morgan fingerprint density at radius 1 is 0.875 bits per heavy atom. The van der Waals surface area contributed by atoms with Gasteiger partial charge in [0.15, 0.2) is 5.70 Å². The van der Waals surface area contributed by atoms with Gasteiger partial charge in [0.25, 0.3) is 0 Å². The van der Waals surface area contributed by atoms with Gasteiger partial charge in [-0.15, -0.1) is 0 Å². The number of cyclic esters (lactones) is 1. The number of hydrogen-bond acceptors (Lipinski definition) is 5. The molecule has 4 aromatic rings. The van der Waals surface area contributed by atoms with Crippen LogP contribution in [0.3, 0.4) is 0 Å². The van der Waals surface area contributed by atoms with Crippen LogP contribution < -0.4 is 4.74 Å². The van der Waals surface area contributed by atoms with Crippen molar-refractivity contribution < 1.29 is 14.3 Å². The van der Waals surface area contributed by atoms with Crippen LogP contribution in [0, 0.1) is 0 Å². The van der Waals surface area contributed by atoms with Gasteiger partial charge in [-0.1, -0.05) is 36.4 Å².